The molecule has 12 heteroatoms. The van der Waals surface area contributed by atoms with Gasteiger partial charge in [0.25, 0.3) is 0 Å². The number of piperazine rings is 1. The standard InChI is InChI=1S/C26H29BrClN5O4S/c1-26(7-8-26)17-37-24-23(15-30-33(25(24)34)20-4-2-3-19(28)14-20)31-9-11-32(12-10-31)38(35,36)16-18-5-6-21(27)22(29)13-18/h2-6,13-15H,7-12,16-17,29H2,1H3. The van der Waals surface area contributed by atoms with Crippen LogP contribution in [-0.2, 0) is 15.8 Å². The number of aromatic nitrogens is 2. The molecule has 5 rings (SSSR count). The lowest BCUT2D eigenvalue weighted by Crippen LogP contribution is -2.49. The maximum absolute atomic E-state index is 13.5. The van der Waals surface area contributed by atoms with E-state index in [0.717, 1.165) is 17.3 Å². The summed E-state index contributed by atoms with van der Waals surface area (Å²) in [7, 11) is -3.55. The van der Waals surface area contributed by atoms with Crippen LogP contribution in [0.4, 0.5) is 11.4 Å². The number of anilines is 2. The average molecular weight is 623 g/mol. The third-order valence-corrected chi connectivity index (χ3v) is 9.83. The van der Waals surface area contributed by atoms with E-state index in [0.29, 0.717) is 47.3 Å². The van der Waals surface area contributed by atoms with Crippen LogP contribution in [0, 0.1) is 5.41 Å². The topological polar surface area (TPSA) is 111 Å². The number of sulfonamides is 1. The van der Waals surface area contributed by atoms with Crippen molar-refractivity contribution in [3.05, 3.63) is 74.1 Å². The average Bonchev–Trinajstić information content (AvgIpc) is 3.62. The molecule has 0 atom stereocenters. The van der Waals surface area contributed by atoms with E-state index in [-0.39, 0.29) is 35.6 Å². The lowest BCUT2D eigenvalue weighted by atomic mass is 10.2. The van der Waals surface area contributed by atoms with Gasteiger partial charge < -0.3 is 15.4 Å². The van der Waals surface area contributed by atoms with E-state index in [1.165, 1.54) is 8.99 Å². The zero-order valence-corrected chi connectivity index (χ0v) is 24.1. The molecule has 1 aliphatic carbocycles. The molecule has 0 amide bonds. The quantitative estimate of drug-likeness (QED) is 0.377. The Hall–Kier alpha value is -2.60. The second-order valence-corrected chi connectivity index (χ2v) is 13.4. The Morgan fingerprint density at radius 2 is 1.87 bits per heavy atom. The molecule has 1 aliphatic heterocycles. The molecule has 2 heterocycles. The number of nitrogen functional groups attached to an aromatic ring is 1. The van der Waals surface area contributed by atoms with E-state index < -0.39 is 10.0 Å². The fraction of sp³-hybridized carbons (Fsp3) is 0.385. The van der Waals surface area contributed by atoms with Gasteiger partial charge in [-0.15, -0.1) is 0 Å². The van der Waals surface area contributed by atoms with Gasteiger partial charge in [-0.05, 0) is 64.7 Å². The molecule has 9 nitrogen and oxygen atoms in total. The van der Waals surface area contributed by atoms with Crippen molar-refractivity contribution < 1.29 is 13.2 Å². The van der Waals surface area contributed by atoms with Gasteiger partial charge in [-0.2, -0.15) is 14.1 Å². The first-order chi connectivity index (χ1) is 18.0. The van der Waals surface area contributed by atoms with Gasteiger partial charge in [0, 0.05) is 46.8 Å². The molecule has 202 valence electrons. The number of nitrogens with zero attached hydrogens (tertiary/aromatic N) is 4. The summed E-state index contributed by atoms with van der Waals surface area (Å²) < 4.78 is 35.9. The van der Waals surface area contributed by atoms with Gasteiger partial charge in [0.05, 0.1) is 24.2 Å². The zero-order chi connectivity index (χ0) is 27.1. The Morgan fingerprint density at radius 3 is 2.53 bits per heavy atom. The number of hydrogen-bond acceptors (Lipinski definition) is 7. The first kappa shape index (κ1) is 27.0. The number of benzene rings is 2. The minimum Gasteiger partial charge on any atom is -0.486 e. The first-order valence-electron chi connectivity index (χ1n) is 12.3. The van der Waals surface area contributed by atoms with Gasteiger partial charge in [-0.1, -0.05) is 30.7 Å². The van der Waals surface area contributed by atoms with Crippen molar-refractivity contribution in [1.29, 1.82) is 0 Å². The predicted molar refractivity (Wildman–Crippen MR) is 153 cm³/mol. The summed E-state index contributed by atoms with van der Waals surface area (Å²) in [5.41, 5.74) is 7.85. The number of halogens is 2. The lowest BCUT2D eigenvalue weighted by molar-refractivity contribution is 0.242. The third-order valence-electron chi connectivity index (χ3n) is 7.02. The van der Waals surface area contributed by atoms with Crippen LogP contribution >= 0.6 is 27.5 Å². The molecule has 2 aromatic carbocycles. The van der Waals surface area contributed by atoms with Crippen LogP contribution in [0.5, 0.6) is 5.75 Å². The second kappa shape index (κ2) is 10.5. The van der Waals surface area contributed by atoms with E-state index in [9.17, 15) is 13.2 Å². The van der Waals surface area contributed by atoms with Crippen LogP contribution in [0.1, 0.15) is 25.3 Å². The predicted octanol–water partition coefficient (Wildman–Crippen LogP) is 4.06. The number of hydrogen-bond donors (Lipinski definition) is 1. The summed E-state index contributed by atoms with van der Waals surface area (Å²) in [6.45, 7) is 3.92. The smallest absolute Gasteiger partial charge is 0.316 e. The largest absolute Gasteiger partial charge is 0.486 e. The molecule has 2 fully saturated rings. The second-order valence-electron chi connectivity index (χ2n) is 10.2. The van der Waals surface area contributed by atoms with Crippen molar-refractivity contribution in [2.24, 2.45) is 5.41 Å². The molecule has 3 aromatic rings. The molecular formula is C26H29BrClN5O4S. The molecule has 0 radical (unpaired) electrons. The van der Waals surface area contributed by atoms with E-state index in [1.807, 2.05) is 4.90 Å². The molecule has 1 aromatic heterocycles. The van der Waals surface area contributed by atoms with Crippen LogP contribution in [0.15, 0.2) is 57.9 Å². The van der Waals surface area contributed by atoms with Crippen molar-refractivity contribution in [3.8, 4) is 11.4 Å². The molecule has 0 bridgehead atoms. The summed E-state index contributed by atoms with van der Waals surface area (Å²) >= 11 is 9.48. The van der Waals surface area contributed by atoms with E-state index >= 15 is 0 Å². The molecule has 0 spiro atoms. The Bertz CT molecular complexity index is 1520. The summed E-state index contributed by atoms with van der Waals surface area (Å²) in [6.07, 6.45) is 3.72. The van der Waals surface area contributed by atoms with E-state index in [2.05, 4.69) is 28.0 Å². The highest BCUT2D eigenvalue weighted by Gasteiger charge is 2.39. The Labute approximate surface area is 235 Å². The zero-order valence-electron chi connectivity index (χ0n) is 20.9. The van der Waals surface area contributed by atoms with Crippen molar-refractivity contribution in [1.82, 2.24) is 14.1 Å². The number of nitrogens with two attached hydrogens (primary N) is 1. The molecular weight excluding hydrogens is 594 g/mol. The van der Waals surface area contributed by atoms with Crippen molar-refractivity contribution in [2.45, 2.75) is 25.5 Å². The number of rotatable bonds is 8. The van der Waals surface area contributed by atoms with Gasteiger partial charge >= 0.3 is 5.56 Å². The Morgan fingerprint density at radius 1 is 1.13 bits per heavy atom. The van der Waals surface area contributed by atoms with Crippen LogP contribution in [0.25, 0.3) is 5.69 Å². The maximum atomic E-state index is 13.5. The molecule has 2 aliphatic rings. The van der Waals surface area contributed by atoms with Crippen molar-refractivity contribution in [3.63, 3.8) is 0 Å². The minimum atomic E-state index is -3.55. The normalized spacial score (nSPS) is 17.4. The molecule has 1 saturated carbocycles. The van der Waals surface area contributed by atoms with Crippen LogP contribution in [0.3, 0.4) is 0 Å². The SMILES string of the molecule is CC1(COc2c(N3CCN(S(=O)(=O)Cc4ccc(Br)c(N)c4)CC3)cnn(-c3cccc(Cl)c3)c2=O)CC1. The molecule has 1 saturated heterocycles. The van der Waals surface area contributed by atoms with E-state index in [4.69, 9.17) is 22.1 Å². The van der Waals surface area contributed by atoms with Crippen molar-refractivity contribution >= 4 is 48.9 Å². The van der Waals surface area contributed by atoms with Crippen molar-refractivity contribution in [2.75, 3.05) is 43.4 Å². The van der Waals surface area contributed by atoms with Crippen LogP contribution in [0.2, 0.25) is 5.02 Å². The Kier molecular flexibility index (Phi) is 7.47. The maximum Gasteiger partial charge on any atom is 0.316 e. The first-order valence-corrected chi connectivity index (χ1v) is 15.1. The molecule has 0 unspecified atom stereocenters. The highest BCUT2D eigenvalue weighted by Crippen LogP contribution is 2.45. The fourth-order valence-electron chi connectivity index (χ4n) is 4.38. The molecule has 2 N–H and O–H groups in total. The lowest BCUT2D eigenvalue weighted by Gasteiger charge is -2.35. The van der Waals surface area contributed by atoms with Crippen LogP contribution in [-0.4, -0.2) is 55.3 Å². The summed E-state index contributed by atoms with van der Waals surface area (Å²) in [4.78, 5) is 15.5. The third kappa shape index (κ3) is 5.85. The minimum absolute atomic E-state index is 0.0665. The monoisotopic (exact) mass is 621 g/mol. The van der Waals surface area contributed by atoms with Gasteiger partial charge in [0.1, 0.15) is 5.69 Å². The fourth-order valence-corrected chi connectivity index (χ4v) is 6.31. The summed E-state index contributed by atoms with van der Waals surface area (Å²) in [6, 6.07) is 12.1. The summed E-state index contributed by atoms with van der Waals surface area (Å²) in [5, 5.41) is 4.90. The van der Waals surface area contributed by atoms with Gasteiger partial charge in [0.2, 0.25) is 15.8 Å². The highest BCUT2D eigenvalue weighted by molar-refractivity contribution is 9.10. The summed E-state index contributed by atoms with van der Waals surface area (Å²) in [5.74, 6) is 0.0871. The van der Waals surface area contributed by atoms with Gasteiger partial charge in [-0.25, -0.2) is 8.42 Å². The van der Waals surface area contributed by atoms with Gasteiger partial charge in [-0.3, -0.25) is 4.79 Å². The van der Waals surface area contributed by atoms with Crippen LogP contribution < -0.4 is 20.9 Å². The van der Waals surface area contributed by atoms with Gasteiger partial charge in [0.15, 0.2) is 0 Å². The number of ether oxygens (including phenoxy) is 1. The molecule has 38 heavy (non-hydrogen) atoms. The Balaban J connectivity index is 1.36. The highest BCUT2D eigenvalue weighted by atomic mass is 79.9. The van der Waals surface area contributed by atoms with E-state index in [1.54, 1.807) is 48.7 Å².